The molecule has 0 unspecified atom stereocenters. The number of carboxylic acid groups (broad SMARTS) is 1. The van der Waals surface area contributed by atoms with Crippen LogP contribution in [-0.2, 0) is 21.5 Å². The summed E-state index contributed by atoms with van der Waals surface area (Å²) in [7, 11) is 0. The van der Waals surface area contributed by atoms with Crippen molar-refractivity contribution in [3.05, 3.63) is 35.4 Å². The van der Waals surface area contributed by atoms with Crippen molar-refractivity contribution in [3.8, 4) is 0 Å². The summed E-state index contributed by atoms with van der Waals surface area (Å²) in [4.78, 5) is 23.0. The number of nitrogens with one attached hydrogen (secondary N) is 1. The largest absolute Gasteiger partial charge is 0.481 e. The fourth-order valence-corrected chi connectivity index (χ4v) is 2.90. The van der Waals surface area contributed by atoms with E-state index in [1.54, 1.807) is 0 Å². The van der Waals surface area contributed by atoms with Gasteiger partial charge in [0.2, 0.25) is 5.91 Å². The van der Waals surface area contributed by atoms with Crippen LogP contribution in [0.15, 0.2) is 24.3 Å². The van der Waals surface area contributed by atoms with Gasteiger partial charge in [-0.25, -0.2) is 0 Å². The molecule has 0 heterocycles. The lowest BCUT2D eigenvalue weighted by Gasteiger charge is -2.19. The number of aliphatic carboxylic acids is 1. The molecule has 0 radical (unpaired) electrons. The summed E-state index contributed by atoms with van der Waals surface area (Å²) in [5.41, 5.74) is 2.45. The van der Waals surface area contributed by atoms with E-state index in [9.17, 15) is 9.59 Å². The van der Waals surface area contributed by atoms with Crippen molar-refractivity contribution in [1.29, 1.82) is 0 Å². The van der Waals surface area contributed by atoms with Crippen molar-refractivity contribution in [2.45, 2.75) is 52.0 Å². The molecule has 0 saturated heterocycles. The quantitative estimate of drug-likeness (QED) is 0.898. The van der Waals surface area contributed by atoms with Crippen LogP contribution in [0.3, 0.4) is 0 Å². The molecule has 4 heteroatoms. The average molecular weight is 303 g/mol. The molecule has 2 rings (SSSR count). The van der Waals surface area contributed by atoms with Gasteiger partial charge in [0.05, 0.1) is 5.92 Å². The molecule has 1 saturated carbocycles. The first-order valence-corrected chi connectivity index (χ1v) is 7.87. The van der Waals surface area contributed by atoms with Crippen molar-refractivity contribution < 1.29 is 14.7 Å². The Morgan fingerprint density at radius 3 is 2.23 bits per heavy atom. The minimum atomic E-state index is -0.784. The lowest BCUT2D eigenvalue weighted by atomic mass is 9.87. The Morgan fingerprint density at radius 1 is 1.14 bits per heavy atom. The van der Waals surface area contributed by atoms with Crippen LogP contribution in [-0.4, -0.2) is 17.0 Å². The molecule has 22 heavy (non-hydrogen) atoms. The van der Waals surface area contributed by atoms with Crippen molar-refractivity contribution >= 4 is 11.9 Å². The zero-order chi connectivity index (χ0) is 16.3. The molecule has 1 aromatic rings. The van der Waals surface area contributed by atoms with Gasteiger partial charge in [0, 0.05) is 12.5 Å². The minimum absolute atomic E-state index is 0.0244. The second-order valence-corrected chi connectivity index (χ2v) is 7.21. The highest BCUT2D eigenvalue weighted by Crippen LogP contribution is 2.31. The minimum Gasteiger partial charge on any atom is -0.481 e. The van der Waals surface area contributed by atoms with Gasteiger partial charge in [0.1, 0.15) is 0 Å². The van der Waals surface area contributed by atoms with E-state index in [1.165, 1.54) is 5.56 Å². The topological polar surface area (TPSA) is 66.4 Å². The molecule has 0 aliphatic heterocycles. The number of benzene rings is 1. The Morgan fingerprint density at radius 2 is 1.73 bits per heavy atom. The molecule has 1 aromatic carbocycles. The van der Waals surface area contributed by atoms with E-state index >= 15 is 0 Å². The average Bonchev–Trinajstić information content (AvgIpc) is 2.94. The molecule has 1 amide bonds. The molecule has 0 aromatic heterocycles. The third kappa shape index (κ3) is 4.09. The molecular weight excluding hydrogens is 278 g/mol. The second-order valence-electron chi connectivity index (χ2n) is 7.21. The van der Waals surface area contributed by atoms with E-state index in [1.807, 2.05) is 12.1 Å². The van der Waals surface area contributed by atoms with Gasteiger partial charge in [-0.15, -0.1) is 0 Å². The molecule has 1 aliphatic rings. The Labute approximate surface area is 131 Å². The first-order valence-electron chi connectivity index (χ1n) is 7.87. The number of amides is 1. The van der Waals surface area contributed by atoms with Crippen molar-refractivity contribution in [3.63, 3.8) is 0 Å². The fraction of sp³-hybridized carbons (Fsp3) is 0.556. The van der Waals surface area contributed by atoms with E-state index in [0.29, 0.717) is 25.8 Å². The van der Waals surface area contributed by atoms with E-state index < -0.39 is 5.97 Å². The van der Waals surface area contributed by atoms with Crippen LogP contribution in [0, 0.1) is 11.8 Å². The maximum absolute atomic E-state index is 12.1. The first kappa shape index (κ1) is 16.5. The van der Waals surface area contributed by atoms with Gasteiger partial charge in [0.15, 0.2) is 0 Å². The third-order valence-corrected chi connectivity index (χ3v) is 4.44. The number of carbonyl (C=O) groups excluding carboxylic acids is 1. The number of rotatable bonds is 4. The summed E-state index contributed by atoms with van der Waals surface area (Å²) in [6.45, 7) is 7.01. The number of hydrogen-bond donors (Lipinski definition) is 2. The van der Waals surface area contributed by atoms with Crippen LogP contribution in [0.2, 0.25) is 0 Å². The molecule has 0 spiro atoms. The molecule has 1 aliphatic carbocycles. The summed E-state index contributed by atoms with van der Waals surface area (Å²) in [6.07, 6.45) is 1.74. The van der Waals surface area contributed by atoms with Gasteiger partial charge >= 0.3 is 5.97 Å². The molecule has 4 nitrogen and oxygen atoms in total. The molecule has 1 fully saturated rings. The molecule has 2 atom stereocenters. The summed E-state index contributed by atoms with van der Waals surface area (Å²) < 4.78 is 0. The lowest BCUT2D eigenvalue weighted by molar-refractivity contribution is -0.141. The van der Waals surface area contributed by atoms with Crippen molar-refractivity contribution in [1.82, 2.24) is 5.32 Å². The summed E-state index contributed by atoms with van der Waals surface area (Å²) in [5, 5.41) is 11.9. The highest BCUT2D eigenvalue weighted by atomic mass is 16.4. The number of carboxylic acids is 1. The van der Waals surface area contributed by atoms with Crippen LogP contribution < -0.4 is 5.32 Å². The van der Waals surface area contributed by atoms with E-state index in [-0.39, 0.29) is 23.2 Å². The molecule has 0 bridgehead atoms. The van der Waals surface area contributed by atoms with Crippen LogP contribution in [0.4, 0.5) is 0 Å². The van der Waals surface area contributed by atoms with Crippen LogP contribution in [0.5, 0.6) is 0 Å². The number of carbonyl (C=O) groups is 2. The van der Waals surface area contributed by atoms with E-state index in [4.69, 9.17) is 5.11 Å². The van der Waals surface area contributed by atoms with E-state index in [2.05, 4.69) is 38.2 Å². The van der Waals surface area contributed by atoms with Gasteiger partial charge in [-0.3, -0.25) is 9.59 Å². The molecule has 120 valence electrons. The maximum Gasteiger partial charge on any atom is 0.306 e. The van der Waals surface area contributed by atoms with Gasteiger partial charge < -0.3 is 10.4 Å². The monoisotopic (exact) mass is 303 g/mol. The molecule has 2 N–H and O–H groups in total. The van der Waals surface area contributed by atoms with Crippen LogP contribution in [0.1, 0.15) is 51.2 Å². The Hall–Kier alpha value is -1.84. The third-order valence-electron chi connectivity index (χ3n) is 4.44. The fourth-order valence-electron chi connectivity index (χ4n) is 2.90. The lowest BCUT2D eigenvalue weighted by Crippen LogP contribution is -2.29. The second kappa shape index (κ2) is 6.51. The Kier molecular flexibility index (Phi) is 4.89. The first-order chi connectivity index (χ1) is 10.3. The van der Waals surface area contributed by atoms with Gasteiger partial charge in [-0.2, -0.15) is 0 Å². The summed E-state index contributed by atoms with van der Waals surface area (Å²) in [6, 6.07) is 8.26. The summed E-state index contributed by atoms with van der Waals surface area (Å²) >= 11 is 0. The van der Waals surface area contributed by atoms with Crippen molar-refractivity contribution in [2.75, 3.05) is 0 Å². The van der Waals surface area contributed by atoms with Gasteiger partial charge in [-0.1, -0.05) is 45.0 Å². The SMILES string of the molecule is CC(C)(C)c1ccc(CNC(=O)[C@@H]2CC[C@H](C(=O)O)C2)cc1. The normalized spacial score (nSPS) is 21.6. The molecular formula is C18H25NO3. The van der Waals surface area contributed by atoms with Crippen LogP contribution in [0.25, 0.3) is 0 Å². The zero-order valence-electron chi connectivity index (χ0n) is 13.6. The predicted molar refractivity (Wildman–Crippen MR) is 85.5 cm³/mol. The smallest absolute Gasteiger partial charge is 0.306 e. The number of hydrogen-bond acceptors (Lipinski definition) is 2. The Balaban J connectivity index is 1.85. The van der Waals surface area contributed by atoms with Crippen molar-refractivity contribution in [2.24, 2.45) is 11.8 Å². The zero-order valence-corrected chi connectivity index (χ0v) is 13.6. The van der Waals surface area contributed by atoms with E-state index in [0.717, 1.165) is 5.56 Å². The Bertz CT molecular complexity index is 542. The highest BCUT2D eigenvalue weighted by molar-refractivity contribution is 5.80. The summed E-state index contributed by atoms with van der Waals surface area (Å²) in [5.74, 6) is -1.33. The van der Waals surface area contributed by atoms with Gasteiger partial charge in [-0.05, 0) is 35.8 Å². The maximum atomic E-state index is 12.1. The standard InChI is InChI=1S/C18H25NO3/c1-18(2,3)15-8-4-12(5-9-15)11-19-16(20)13-6-7-14(10-13)17(21)22/h4-5,8-9,13-14H,6-7,10-11H2,1-3H3,(H,19,20)(H,21,22)/t13-,14+/m1/s1. The highest BCUT2D eigenvalue weighted by Gasteiger charge is 2.33. The van der Waals surface area contributed by atoms with Crippen LogP contribution >= 0.6 is 0 Å². The predicted octanol–water partition coefficient (Wildman–Crippen LogP) is 3.10. The van der Waals surface area contributed by atoms with Gasteiger partial charge in [0.25, 0.3) is 0 Å².